The van der Waals surface area contributed by atoms with E-state index in [1.54, 1.807) is 17.0 Å². The summed E-state index contributed by atoms with van der Waals surface area (Å²) >= 11 is 0. The molecule has 1 aliphatic rings. The number of halogens is 1. The molecule has 2 aromatic carbocycles. The third-order valence-electron chi connectivity index (χ3n) is 5.86. The van der Waals surface area contributed by atoms with Crippen LogP contribution in [0.5, 0.6) is 11.6 Å². The van der Waals surface area contributed by atoms with E-state index in [-0.39, 0.29) is 24.0 Å². The third-order valence-corrected chi connectivity index (χ3v) is 5.86. The van der Waals surface area contributed by atoms with E-state index >= 15 is 0 Å². The van der Waals surface area contributed by atoms with Crippen molar-refractivity contribution in [2.75, 3.05) is 39.8 Å². The minimum absolute atomic E-state index is 0.0141. The van der Waals surface area contributed by atoms with Gasteiger partial charge in [-0.05, 0) is 49.0 Å². The molecule has 1 aliphatic heterocycles. The van der Waals surface area contributed by atoms with Crippen LogP contribution in [0.2, 0.25) is 0 Å². The first-order valence-corrected chi connectivity index (χ1v) is 11.8. The first-order chi connectivity index (χ1) is 17.5. The predicted molar refractivity (Wildman–Crippen MR) is 132 cm³/mol. The van der Waals surface area contributed by atoms with E-state index in [0.717, 1.165) is 18.7 Å². The molecule has 1 N–H and O–H groups in total. The fourth-order valence-electron chi connectivity index (χ4n) is 3.79. The van der Waals surface area contributed by atoms with Crippen LogP contribution in [0, 0.1) is 5.82 Å². The Kier molecular flexibility index (Phi) is 8.59. The summed E-state index contributed by atoms with van der Waals surface area (Å²) in [7, 11) is 2.01. The normalized spacial score (nSPS) is 14.8. The number of piperazine rings is 1. The zero-order valence-corrected chi connectivity index (χ0v) is 20.1. The lowest BCUT2D eigenvalue weighted by Gasteiger charge is -2.34. The molecule has 0 bridgehead atoms. The molecule has 4 rings (SSSR count). The van der Waals surface area contributed by atoms with Crippen molar-refractivity contribution >= 4 is 11.8 Å². The lowest BCUT2D eigenvalue weighted by molar-refractivity contribution is -0.136. The Hall–Kier alpha value is -3.82. The maximum atomic E-state index is 13.4. The van der Waals surface area contributed by atoms with Crippen molar-refractivity contribution in [3.8, 4) is 11.6 Å². The van der Waals surface area contributed by atoms with Gasteiger partial charge in [0.25, 0.3) is 5.91 Å². The lowest BCUT2D eigenvalue weighted by Crippen LogP contribution is -2.55. The molecule has 0 radical (unpaired) electrons. The highest BCUT2D eigenvalue weighted by molar-refractivity contribution is 5.99. The molecular weight excluding hydrogens is 463 g/mol. The maximum absolute atomic E-state index is 13.4. The summed E-state index contributed by atoms with van der Waals surface area (Å²) in [6.07, 6.45) is 1.49. The van der Waals surface area contributed by atoms with Gasteiger partial charge >= 0.3 is 0 Å². The Morgan fingerprint density at radius 1 is 1.00 bits per heavy atom. The second kappa shape index (κ2) is 12.2. The van der Waals surface area contributed by atoms with E-state index in [9.17, 15) is 14.0 Å². The van der Waals surface area contributed by atoms with Gasteiger partial charge in [-0.25, -0.2) is 9.37 Å². The molecule has 1 atom stereocenters. The van der Waals surface area contributed by atoms with Crippen molar-refractivity contribution in [2.45, 2.75) is 12.6 Å². The van der Waals surface area contributed by atoms with Gasteiger partial charge in [0.1, 0.15) is 23.2 Å². The summed E-state index contributed by atoms with van der Waals surface area (Å²) in [5.41, 5.74) is 1.12. The molecule has 8 nitrogen and oxygen atoms in total. The van der Waals surface area contributed by atoms with E-state index in [0.29, 0.717) is 25.4 Å². The summed E-state index contributed by atoms with van der Waals surface area (Å²) in [5.74, 6) is -0.731. The number of hydrogen-bond donors (Lipinski definition) is 1. The summed E-state index contributed by atoms with van der Waals surface area (Å²) in [6.45, 7) is 3.00. The zero-order valence-electron chi connectivity index (χ0n) is 20.1. The van der Waals surface area contributed by atoms with Crippen LogP contribution in [-0.4, -0.2) is 72.5 Å². The number of pyridine rings is 1. The van der Waals surface area contributed by atoms with Crippen molar-refractivity contribution in [3.63, 3.8) is 0 Å². The molecule has 1 fully saturated rings. The van der Waals surface area contributed by atoms with Crippen LogP contribution < -0.4 is 10.1 Å². The van der Waals surface area contributed by atoms with Gasteiger partial charge in [0.2, 0.25) is 11.8 Å². The number of benzene rings is 2. The average molecular weight is 493 g/mol. The van der Waals surface area contributed by atoms with Gasteiger partial charge in [-0.15, -0.1) is 0 Å². The lowest BCUT2D eigenvalue weighted by atomic mass is 10.2. The number of amides is 2. The molecule has 9 heteroatoms. The van der Waals surface area contributed by atoms with Crippen LogP contribution in [0.1, 0.15) is 15.9 Å². The Bertz CT molecular complexity index is 1150. The third kappa shape index (κ3) is 6.87. The second-order valence-electron chi connectivity index (χ2n) is 8.57. The molecule has 1 saturated heterocycles. The minimum Gasteiger partial charge on any atom is -0.438 e. The highest BCUT2D eigenvalue weighted by atomic mass is 19.1. The van der Waals surface area contributed by atoms with Gasteiger partial charge in [-0.1, -0.05) is 30.3 Å². The molecule has 0 aliphatic carbocycles. The van der Waals surface area contributed by atoms with Gasteiger partial charge in [-0.2, -0.15) is 0 Å². The molecule has 1 aromatic heterocycles. The number of rotatable bonds is 9. The molecule has 3 aromatic rings. The predicted octanol–water partition coefficient (Wildman–Crippen LogP) is 3.10. The Morgan fingerprint density at radius 2 is 1.72 bits per heavy atom. The topological polar surface area (TPSA) is 84.0 Å². The van der Waals surface area contributed by atoms with Crippen molar-refractivity contribution in [2.24, 2.45) is 0 Å². The van der Waals surface area contributed by atoms with Gasteiger partial charge in [0.15, 0.2) is 0 Å². The Morgan fingerprint density at radius 3 is 2.44 bits per heavy atom. The summed E-state index contributed by atoms with van der Waals surface area (Å²) in [5, 5.41) is 2.81. The first-order valence-electron chi connectivity index (χ1n) is 11.8. The number of nitrogens with one attached hydrogen (secondary N) is 1. The highest BCUT2D eigenvalue weighted by Crippen LogP contribution is 2.23. The number of likely N-dealkylation sites (N-methyl/N-ethyl adjacent to an activating group) is 1. The molecule has 188 valence electrons. The monoisotopic (exact) mass is 492 g/mol. The number of carbonyl (C=O) groups is 2. The van der Waals surface area contributed by atoms with Crippen LogP contribution in [0.3, 0.4) is 0 Å². The van der Waals surface area contributed by atoms with Gasteiger partial charge in [0.05, 0.1) is 13.2 Å². The van der Waals surface area contributed by atoms with Gasteiger partial charge < -0.3 is 24.6 Å². The molecular formula is C27H29FN4O4. The van der Waals surface area contributed by atoms with Crippen LogP contribution in [-0.2, 0) is 16.1 Å². The molecule has 36 heavy (non-hydrogen) atoms. The van der Waals surface area contributed by atoms with E-state index in [1.165, 1.54) is 30.5 Å². The number of aromatic nitrogens is 1. The number of carbonyl (C=O) groups excluding carboxylic acids is 2. The van der Waals surface area contributed by atoms with Crippen LogP contribution >= 0.6 is 0 Å². The van der Waals surface area contributed by atoms with Gasteiger partial charge in [0, 0.05) is 32.4 Å². The van der Waals surface area contributed by atoms with Crippen LogP contribution in [0.4, 0.5) is 4.39 Å². The summed E-state index contributed by atoms with van der Waals surface area (Å²) < 4.78 is 24.8. The summed E-state index contributed by atoms with van der Waals surface area (Å²) in [4.78, 5) is 34.7. The summed E-state index contributed by atoms with van der Waals surface area (Å²) in [6, 6.07) is 17.3. The van der Waals surface area contributed by atoms with E-state index in [1.807, 2.05) is 37.4 Å². The first kappa shape index (κ1) is 25.3. The van der Waals surface area contributed by atoms with Crippen molar-refractivity contribution in [3.05, 3.63) is 89.9 Å². The highest BCUT2D eigenvalue weighted by Gasteiger charge is 2.29. The number of nitrogens with zero attached hydrogens (tertiary/aromatic N) is 3. The van der Waals surface area contributed by atoms with Crippen LogP contribution in [0.15, 0.2) is 72.9 Å². The van der Waals surface area contributed by atoms with Gasteiger partial charge in [-0.3, -0.25) is 9.59 Å². The molecule has 1 unspecified atom stereocenters. The van der Waals surface area contributed by atoms with Crippen LogP contribution in [0.25, 0.3) is 0 Å². The second-order valence-corrected chi connectivity index (χ2v) is 8.57. The fraction of sp³-hybridized carbons (Fsp3) is 0.296. The smallest absolute Gasteiger partial charge is 0.257 e. The molecule has 0 spiro atoms. The maximum Gasteiger partial charge on any atom is 0.257 e. The van der Waals surface area contributed by atoms with Crippen molar-refractivity contribution < 1.29 is 23.5 Å². The Balaban J connectivity index is 1.48. The molecule has 2 heterocycles. The average Bonchev–Trinajstić information content (AvgIpc) is 2.90. The number of hydrogen-bond acceptors (Lipinski definition) is 6. The minimum atomic E-state index is -0.886. The molecule has 0 saturated carbocycles. The van der Waals surface area contributed by atoms with Crippen molar-refractivity contribution in [1.82, 2.24) is 20.1 Å². The standard InChI is InChI=1S/C27H29FN4O4/c1-31-14-16-32(17-15-31)27(34)24(19-35-18-20-6-3-2-4-7-20)30-25(33)23-8-5-13-29-26(23)36-22-11-9-21(28)10-12-22/h2-13,24H,14-19H2,1H3,(H,30,33). The quantitative estimate of drug-likeness (QED) is 0.494. The largest absolute Gasteiger partial charge is 0.438 e. The Labute approximate surface area is 209 Å². The van der Waals surface area contributed by atoms with E-state index in [2.05, 4.69) is 15.2 Å². The van der Waals surface area contributed by atoms with E-state index < -0.39 is 17.8 Å². The zero-order chi connectivity index (χ0) is 25.3. The van der Waals surface area contributed by atoms with E-state index in [4.69, 9.17) is 9.47 Å². The number of ether oxygens (including phenoxy) is 2. The van der Waals surface area contributed by atoms with Crippen molar-refractivity contribution in [1.29, 1.82) is 0 Å². The molecule has 2 amide bonds. The SMILES string of the molecule is CN1CCN(C(=O)C(COCc2ccccc2)NC(=O)c2cccnc2Oc2ccc(F)cc2)CC1. The fourth-order valence-corrected chi connectivity index (χ4v) is 3.79.